The van der Waals surface area contributed by atoms with Crippen LogP contribution in [0.1, 0.15) is 76.2 Å². The van der Waals surface area contributed by atoms with E-state index in [1.165, 1.54) is 16.9 Å². The second kappa shape index (κ2) is 16.6. The van der Waals surface area contributed by atoms with Crippen LogP contribution in [0.2, 0.25) is 0 Å². The molecule has 2 saturated carbocycles. The topological polar surface area (TPSA) is 157 Å². The molecule has 2 aromatic carbocycles. The van der Waals surface area contributed by atoms with Crippen LogP contribution in [0.25, 0.3) is 10.2 Å². The summed E-state index contributed by atoms with van der Waals surface area (Å²) < 4.78 is 54.1. The summed E-state index contributed by atoms with van der Waals surface area (Å²) in [5.41, 5.74) is 0.870. The molecule has 0 radical (unpaired) electrons. The molecule has 15 heteroatoms. The Morgan fingerprint density at radius 2 is 1.74 bits per heavy atom. The molecule has 2 aliphatic carbocycles. The molecule has 0 spiro atoms. The molecule has 1 saturated heterocycles. The van der Waals surface area contributed by atoms with Crippen molar-refractivity contribution in [2.45, 2.75) is 94.4 Å². The van der Waals surface area contributed by atoms with Gasteiger partial charge in [0.2, 0.25) is 30.9 Å². The summed E-state index contributed by atoms with van der Waals surface area (Å²) in [6, 6.07) is 17.2. The van der Waals surface area contributed by atoms with Crippen molar-refractivity contribution in [1.82, 2.24) is 14.6 Å². The minimum Gasteiger partial charge on any atom is -0.465 e. The summed E-state index contributed by atoms with van der Waals surface area (Å²) in [4.78, 5) is 48.8. The van der Waals surface area contributed by atoms with Gasteiger partial charge >= 0.3 is 0 Å². The van der Waals surface area contributed by atoms with Gasteiger partial charge in [0, 0.05) is 29.4 Å². The zero-order valence-electron chi connectivity index (χ0n) is 29.7. The maximum absolute atomic E-state index is 14.5. The van der Waals surface area contributed by atoms with Crippen molar-refractivity contribution in [3.8, 4) is 5.19 Å². The molecule has 1 N–H and O–H groups in total. The van der Waals surface area contributed by atoms with Crippen LogP contribution in [0.4, 0.5) is 0 Å². The lowest BCUT2D eigenvalue weighted by molar-refractivity contribution is -0.142. The molecule has 0 bridgehead atoms. The van der Waals surface area contributed by atoms with E-state index in [1.807, 2.05) is 48.5 Å². The number of rotatable bonds is 8. The number of carbonyl (C=O) groups is 3. The zero-order valence-corrected chi connectivity index (χ0v) is 32.9. The molecule has 3 heterocycles. The first-order valence-corrected chi connectivity index (χ1v) is 23.3. The first kappa shape index (κ1) is 39.4. The number of hydrogen-bond acceptors (Lipinski definition) is 10. The van der Waals surface area contributed by atoms with Crippen LogP contribution < -0.4 is 9.46 Å². The summed E-state index contributed by atoms with van der Waals surface area (Å²) in [5, 5.41) is -0.0438. The van der Waals surface area contributed by atoms with Crippen LogP contribution in [0.3, 0.4) is 0 Å². The van der Waals surface area contributed by atoms with Gasteiger partial charge < -0.3 is 9.64 Å². The number of aryl methyl sites for hydroxylation is 1. The van der Waals surface area contributed by atoms with Crippen LogP contribution in [0, 0.1) is 17.3 Å². The van der Waals surface area contributed by atoms with Crippen LogP contribution >= 0.6 is 22.0 Å². The Morgan fingerprint density at radius 3 is 2.45 bits per heavy atom. The van der Waals surface area contributed by atoms with Crippen LogP contribution in [-0.4, -0.2) is 74.5 Å². The van der Waals surface area contributed by atoms with Crippen molar-refractivity contribution < 1.29 is 36.0 Å². The lowest BCUT2D eigenvalue weighted by atomic mass is 9.90. The molecular formula is C38H46ClN3O8S3. The summed E-state index contributed by atoms with van der Waals surface area (Å²) in [6.45, 7) is 0.256. The van der Waals surface area contributed by atoms with Gasteiger partial charge in [-0.15, -0.1) is 0 Å². The number of fused-ring (bicyclic) bond motifs is 3. The lowest BCUT2D eigenvalue weighted by Crippen LogP contribution is -2.46. The molecule has 2 amide bonds. The van der Waals surface area contributed by atoms with E-state index in [2.05, 4.69) is 38.6 Å². The highest BCUT2D eigenvalue weighted by Crippen LogP contribution is 2.57. The number of nitrogens with one attached hydrogen (secondary N) is 1. The van der Waals surface area contributed by atoms with E-state index in [9.17, 15) is 31.2 Å². The molecule has 1 aromatic heterocycles. The average Bonchev–Trinajstić information content (AvgIpc) is 3.99. The fourth-order valence-electron chi connectivity index (χ4n) is 7.43. The number of nitrogens with zero attached hydrogens (tertiary/aromatic N) is 2. The molecule has 4 aliphatic rings. The first-order chi connectivity index (χ1) is 25.2. The van der Waals surface area contributed by atoms with Gasteiger partial charge in [0.15, 0.2) is 5.78 Å². The highest BCUT2D eigenvalue weighted by molar-refractivity contribution is 8.13. The quantitative estimate of drug-likeness (QED) is 0.208. The van der Waals surface area contributed by atoms with Crippen molar-refractivity contribution in [2.75, 3.05) is 12.8 Å². The third kappa shape index (κ3) is 10.5. The number of amides is 2. The Morgan fingerprint density at radius 1 is 1.02 bits per heavy atom. The van der Waals surface area contributed by atoms with Gasteiger partial charge in [0.05, 0.1) is 39.7 Å². The lowest BCUT2D eigenvalue weighted by Gasteiger charge is -2.29. The normalized spacial score (nSPS) is 27.3. The molecule has 7 rings (SSSR count). The number of carbonyl (C=O) groups excluding carboxylic acids is 3. The monoisotopic (exact) mass is 803 g/mol. The van der Waals surface area contributed by atoms with Gasteiger partial charge in [-0.05, 0) is 75.0 Å². The van der Waals surface area contributed by atoms with Crippen molar-refractivity contribution in [3.05, 3.63) is 72.3 Å². The molecule has 11 nitrogen and oxygen atoms in total. The number of para-hydroxylation sites is 1. The van der Waals surface area contributed by atoms with E-state index >= 15 is 0 Å². The standard InChI is InChI=1S/C37H43N3O6S2.CH3ClO2S/c41-32-23-37(35(43)39-48(44,45)29-19-20-29)22-27(37)14-8-3-1-2-7-13-26(18-17-25-11-5-4-6-12-25)34(42)40-24-28(21-31(32)40)46-36-38-30-15-9-10-16-33(30)47-36;1-5(2,3)4/h4-6,8-12,14-16,26-29,31H,1-3,7,13,17-24H2,(H,39,43);1H3/b14-8-;/t26-,27-,28-,31+,37-;/m1./s1. The van der Waals surface area contributed by atoms with Crippen molar-refractivity contribution in [1.29, 1.82) is 0 Å². The van der Waals surface area contributed by atoms with E-state index in [4.69, 9.17) is 4.74 Å². The Labute approximate surface area is 320 Å². The average molecular weight is 804 g/mol. The molecule has 2 aliphatic heterocycles. The van der Waals surface area contributed by atoms with Crippen LogP contribution in [0.15, 0.2) is 66.7 Å². The van der Waals surface area contributed by atoms with Gasteiger partial charge in [0.1, 0.15) is 6.10 Å². The van der Waals surface area contributed by atoms with E-state index in [0.29, 0.717) is 37.3 Å². The summed E-state index contributed by atoms with van der Waals surface area (Å²) in [7, 11) is -2.47. The number of sulfonamides is 1. The maximum atomic E-state index is 14.5. The molecule has 53 heavy (non-hydrogen) atoms. The second-order valence-electron chi connectivity index (χ2n) is 14.7. The maximum Gasteiger partial charge on any atom is 0.274 e. The van der Waals surface area contributed by atoms with Gasteiger partial charge in [0.25, 0.3) is 5.19 Å². The molecule has 286 valence electrons. The van der Waals surface area contributed by atoms with Crippen molar-refractivity contribution >= 4 is 68.9 Å². The summed E-state index contributed by atoms with van der Waals surface area (Å²) in [5.74, 6) is -1.34. The largest absolute Gasteiger partial charge is 0.465 e. The number of Topliss-reactive ketones (excluding diaryl/α,β-unsaturated/α-hetero) is 1. The van der Waals surface area contributed by atoms with Crippen molar-refractivity contribution in [2.24, 2.45) is 17.3 Å². The van der Waals surface area contributed by atoms with Crippen molar-refractivity contribution in [3.63, 3.8) is 0 Å². The fraction of sp³-hybridized carbons (Fsp3) is 0.526. The SMILES string of the molecule is CS(=O)(=O)Cl.O=C1C[C@]2(C(=O)NS(=O)(=O)C3CC3)C[C@H]2/C=C\CCCCC[C@H](CCc2ccccc2)C(=O)N2C[C@H](Oc3nc4ccccc4s3)C[C@@H]12. The molecular weight excluding hydrogens is 758 g/mol. The Hall–Kier alpha value is -3.33. The van der Waals surface area contributed by atoms with Crippen LogP contribution in [-0.2, 0) is 39.9 Å². The molecule has 3 aromatic rings. The van der Waals surface area contributed by atoms with Gasteiger partial charge in [-0.1, -0.05) is 78.8 Å². The third-order valence-electron chi connectivity index (χ3n) is 10.5. The number of aromatic nitrogens is 1. The fourth-order valence-corrected chi connectivity index (χ4v) is 9.70. The Balaban J connectivity index is 0.000000902. The number of allylic oxidation sites excluding steroid dienone is 2. The predicted molar refractivity (Wildman–Crippen MR) is 206 cm³/mol. The first-order valence-electron chi connectivity index (χ1n) is 18.2. The van der Waals surface area contributed by atoms with Crippen LogP contribution in [0.5, 0.6) is 5.19 Å². The number of halogens is 1. The van der Waals surface area contributed by atoms with E-state index in [1.54, 1.807) is 4.90 Å². The molecule has 3 fully saturated rings. The van der Waals surface area contributed by atoms with Gasteiger partial charge in [-0.2, -0.15) is 0 Å². The summed E-state index contributed by atoms with van der Waals surface area (Å²) >= 11 is 1.44. The second-order valence-corrected chi connectivity index (χ2v) is 20.7. The highest BCUT2D eigenvalue weighted by Gasteiger charge is 2.61. The minimum absolute atomic E-state index is 0.0464. The highest BCUT2D eigenvalue weighted by atomic mass is 35.7. The van der Waals surface area contributed by atoms with E-state index in [-0.39, 0.29) is 36.5 Å². The Kier molecular flexibility index (Phi) is 12.3. The Bertz CT molecular complexity index is 2010. The number of ketones is 1. The molecule has 5 atom stereocenters. The van der Waals surface area contributed by atoms with E-state index < -0.39 is 47.8 Å². The van der Waals surface area contributed by atoms with Gasteiger partial charge in [-0.25, -0.2) is 21.8 Å². The smallest absolute Gasteiger partial charge is 0.274 e. The predicted octanol–water partition coefficient (Wildman–Crippen LogP) is 6.17. The van der Waals surface area contributed by atoms with Gasteiger partial charge in [-0.3, -0.25) is 19.1 Å². The summed E-state index contributed by atoms with van der Waals surface area (Å²) in [6.07, 6.45) is 12.1. The number of thiazole rings is 1. The number of hydrogen-bond donors (Lipinski definition) is 1. The third-order valence-corrected chi connectivity index (χ3v) is 13.2. The zero-order chi connectivity index (χ0) is 37.8. The number of ether oxygens (including phenoxy) is 1. The molecule has 0 unspecified atom stereocenters. The van der Waals surface area contributed by atoms with E-state index in [0.717, 1.165) is 55.0 Å². The number of benzene rings is 2. The minimum atomic E-state index is -3.77.